The molecule has 0 radical (unpaired) electrons. The molecular weight excluding hydrogens is 383 g/mol. The minimum absolute atomic E-state index is 0.263. The van der Waals surface area contributed by atoms with Crippen LogP contribution in [0.4, 0.5) is 4.39 Å². The summed E-state index contributed by atoms with van der Waals surface area (Å²) in [7, 11) is 0. The molecule has 30 heavy (non-hydrogen) atoms. The molecular formula is C22H27FN6O. The van der Waals surface area contributed by atoms with Gasteiger partial charge in [0.1, 0.15) is 11.3 Å². The Kier molecular flexibility index (Phi) is 4.57. The third-order valence-electron chi connectivity index (χ3n) is 6.97. The van der Waals surface area contributed by atoms with Crippen molar-refractivity contribution in [1.29, 1.82) is 0 Å². The van der Waals surface area contributed by atoms with E-state index in [-0.39, 0.29) is 11.7 Å². The summed E-state index contributed by atoms with van der Waals surface area (Å²) in [5, 5.41) is 13.2. The molecule has 4 heterocycles. The summed E-state index contributed by atoms with van der Waals surface area (Å²) in [5.74, 6) is 1.38. The summed E-state index contributed by atoms with van der Waals surface area (Å²) < 4.78 is 21.8. The van der Waals surface area contributed by atoms with E-state index in [1.54, 1.807) is 6.07 Å². The Morgan fingerprint density at radius 3 is 2.57 bits per heavy atom. The van der Waals surface area contributed by atoms with Gasteiger partial charge in [0.05, 0.1) is 5.69 Å². The molecule has 8 heteroatoms. The number of hydrogen-bond acceptors (Lipinski definition) is 6. The summed E-state index contributed by atoms with van der Waals surface area (Å²) in [6, 6.07) is 5.85. The average Bonchev–Trinajstić information content (AvgIpc) is 3.38. The van der Waals surface area contributed by atoms with Gasteiger partial charge in [0, 0.05) is 23.3 Å². The van der Waals surface area contributed by atoms with E-state index >= 15 is 0 Å². The molecule has 158 valence electrons. The first kappa shape index (κ1) is 18.4. The molecule has 1 N–H and O–H groups in total. The number of halogens is 1. The molecule has 6 rings (SSSR count). The summed E-state index contributed by atoms with van der Waals surface area (Å²) in [5.41, 5.74) is 1.40. The van der Waals surface area contributed by atoms with Crippen LogP contribution in [-0.4, -0.2) is 57.0 Å². The summed E-state index contributed by atoms with van der Waals surface area (Å²) in [6.45, 7) is 4.38. The predicted octanol–water partition coefficient (Wildman–Crippen LogP) is 3.36. The Morgan fingerprint density at radius 1 is 1.00 bits per heavy atom. The van der Waals surface area contributed by atoms with Gasteiger partial charge in [-0.1, -0.05) is 12.1 Å². The van der Waals surface area contributed by atoms with E-state index in [0.29, 0.717) is 29.3 Å². The largest absolute Gasteiger partial charge is 0.337 e. The second-order valence-corrected chi connectivity index (χ2v) is 8.93. The van der Waals surface area contributed by atoms with E-state index in [1.807, 2.05) is 6.07 Å². The number of hydrogen-bond donors (Lipinski definition) is 1. The normalized spacial score (nSPS) is 22.2. The fraction of sp³-hybridized carbons (Fsp3) is 0.591. The average molecular weight is 410 g/mol. The van der Waals surface area contributed by atoms with E-state index in [4.69, 9.17) is 9.62 Å². The Bertz CT molecular complexity index is 1040. The maximum atomic E-state index is 14.7. The topological polar surface area (TPSA) is 72.0 Å². The molecule has 1 saturated carbocycles. The molecule has 3 aromatic rings. The zero-order valence-corrected chi connectivity index (χ0v) is 17.1. The third kappa shape index (κ3) is 3.22. The van der Waals surface area contributed by atoms with Crippen molar-refractivity contribution in [1.82, 2.24) is 30.1 Å². The Balaban J connectivity index is 1.23. The van der Waals surface area contributed by atoms with Crippen molar-refractivity contribution in [3.8, 4) is 5.95 Å². The van der Waals surface area contributed by atoms with Crippen molar-refractivity contribution >= 4 is 10.9 Å². The Morgan fingerprint density at radius 2 is 1.80 bits per heavy atom. The molecule has 2 aromatic heterocycles. The van der Waals surface area contributed by atoms with Crippen LogP contribution < -0.4 is 5.32 Å². The molecule has 0 amide bonds. The number of fused-ring (bicyclic) bond motifs is 1. The summed E-state index contributed by atoms with van der Waals surface area (Å²) >= 11 is 0. The number of para-hydroxylation sites is 1. The van der Waals surface area contributed by atoms with Crippen LogP contribution in [0.3, 0.4) is 0 Å². The van der Waals surface area contributed by atoms with Gasteiger partial charge in [0.15, 0.2) is 0 Å². The van der Waals surface area contributed by atoms with Crippen molar-refractivity contribution in [2.45, 2.75) is 56.4 Å². The Labute approximate surface area is 174 Å². The highest BCUT2D eigenvalue weighted by molar-refractivity contribution is 5.84. The number of rotatable bonds is 4. The van der Waals surface area contributed by atoms with Crippen LogP contribution in [0, 0.1) is 5.82 Å². The molecule has 3 fully saturated rings. The van der Waals surface area contributed by atoms with Gasteiger partial charge in [-0.2, -0.15) is 14.8 Å². The van der Waals surface area contributed by atoms with Gasteiger partial charge in [-0.05, 0) is 75.9 Å². The van der Waals surface area contributed by atoms with Crippen LogP contribution in [0.2, 0.25) is 0 Å². The van der Waals surface area contributed by atoms with Gasteiger partial charge in [-0.15, -0.1) is 0 Å². The van der Waals surface area contributed by atoms with Gasteiger partial charge >= 0.3 is 0 Å². The lowest BCUT2D eigenvalue weighted by atomic mass is 9.94. The fourth-order valence-corrected chi connectivity index (χ4v) is 5.11. The SMILES string of the molecule is Fc1cccc2c(C3CC3)nn(-c3noc(C4CCN(C5CCNCC5)CC4)n3)c12. The van der Waals surface area contributed by atoms with Crippen LogP contribution in [0.25, 0.3) is 16.9 Å². The first-order valence-corrected chi connectivity index (χ1v) is 11.2. The Hall–Kier alpha value is -2.32. The maximum absolute atomic E-state index is 14.7. The standard InChI is InChI=1S/C22H27FN6O/c23-18-3-1-2-17-19(14-4-5-14)26-29(20(17)18)22-25-21(30-27-22)15-8-12-28(13-9-15)16-6-10-24-11-7-16/h1-3,14-16,24H,4-13H2. The van der Waals surface area contributed by atoms with Gasteiger partial charge in [-0.25, -0.2) is 4.39 Å². The maximum Gasteiger partial charge on any atom is 0.291 e. The summed E-state index contributed by atoms with van der Waals surface area (Å²) in [6.07, 6.45) is 6.72. The molecule has 0 unspecified atom stereocenters. The lowest BCUT2D eigenvalue weighted by Crippen LogP contribution is -2.46. The van der Waals surface area contributed by atoms with E-state index in [0.717, 1.165) is 62.9 Å². The molecule has 0 spiro atoms. The minimum Gasteiger partial charge on any atom is -0.337 e. The zero-order valence-electron chi connectivity index (χ0n) is 17.1. The predicted molar refractivity (Wildman–Crippen MR) is 110 cm³/mol. The van der Waals surface area contributed by atoms with E-state index in [2.05, 4.69) is 20.4 Å². The number of nitrogens with one attached hydrogen (secondary N) is 1. The lowest BCUT2D eigenvalue weighted by molar-refractivity contribution is 0.120. The lowest BCUT2D eigenvalue weighted by Gasteiger charge is -2.38. The second kappa shape index (κ2) is 7.42. The van der Waals surface area contributed by atoms with Gasteiger partial charge < -0.3 is 14.7 Å². The zero-order chi connectivity index (χ0) is 20.1. The highest BCUT2D eigenvalue weighted by Gasteiger charge is 2.32. The van der Waals surface area contributed by atoms with E-state index in [1.165, 1.54) is 23.6 Å². The third-order valence-corrected chi connectivity index (χ3v) is 6.97. The van der Waals surface area contributed by atoms with Crippen molar-refractivity contribution in [2.24, 2.45) is 0 Å². The molecule has 7 nitrogen and oxygen atoms in total. The van der Waals surface area contributed by atoms with Crippen LogP contribution in [-0.2, 0) is 0 Å². The highest BCUT2D eigenvalue weighted by atomic mass is 19.1. The van der Waals surface area contributed by atoms with Crippen LogP contribution in [0.15, 0.2) is 22.7 Å². The van der Waals surface area contributed by atoms with Crippen molar-refractivity contribution in [3.05, 3.63) is 35.6 Å². The molecule has 0 bridgehead atoms. The van der Waals surface area contributed by atoms with Crippen LogP contribution in [0.5, 0.6) is 0 Å². The molecule has 2 aliphatic heterocycles. The first-order valence-electron chi connectivity index (χ1n) is 11.2. The van der Waals surface area contributed by atoms with Gasteiger partial charge in [0.25, 0.3) is 5.95 Å². The van der Waals surface area contributed by atoms with Crippen molar-refractivity contribution < 1.29 is 8.91 Å². The number of benzene rings is 1. The molecule has 1 aromatic carbocycles. The molecule has 3 aliphatic rings. The molecule has 0 atom stereocenters. The number of aromatic nitrogens is 4. The first-order chi connectivity index (χ1) is 14.8. The quantitative estimate of drug-likeness (QED) is 0.711. The second-order valence-electron chi connectivity index (χ2n) is 8.93. The van der Waals surface area contributed by atoms with E-state index in [9.17, 15) is 4.39 Å². The number of nitrogens with zero attached hydrogens (tertiary/aromatic N) is 5. The molecule has 2 saturated heterocycles. The number of likely N-dealkylation sites (tertiary alicyclic amines) is 1. The fourth-order valence-electron chi connectivity index (χ4n) is 5.11. The summed E-state index contributed by atoms with van der Waals surface area (Å²) in [4.78, 5) is 7.27. The minimum atomic E-state index is -0.298. The van der Waals surface area contributed by atoms with E-state index < -0.39 is 0 Å². The number of piperidine rings is 2. The van der Waals surface area contributed by atoms with Crippen LogP contribution >= 0.6 is 0 Å². The smallest absolute Gasteiger partial charge is 0.291 e. The van der Waals surface area contributed by atoms with Crippen LogP contribution in [0.1, 0.15) is 61.9 Å². The monoisotopic (exact) mass is 410 g/mol. The van der Waals surface area contributed by atoms with Gasteiger partial charge in [0.2, 0.25) is 5.89 Å². The van der Waals surface area contributed by atoms with Crippen molar-refractivity contribution in [3.63, 3.8) is 0 Å². The highest BCUT2D eigenvalue weighted by Crippen LogP contribution is 2.43. The molecule has 1 aliphatic carbocycles. The van der Waals surface area contributed by atoms with Crippen molar-refractivity contribution in [2.75, 3.05) is 26.2 Å². The van der Waals surface area contributed by atoms with Gasteiger partial charge in [-0.3, -0.25) is 0 Å².